The Labute approximate surface area is 101 Å². The van der Waals surface area contributed by atoms with Gasteiger partial charge in [0.05, 0.1) is 5.56 Å². The number of hydrogen-bond acceptors (Lipinski definition) is 3. The minimum absolute atomic E-state index is 0.382. The van der Waals surface area contributed by atoms with E-state index in [2.05, 4.69) is 22.6 Å². The van der Waals surface area contributed by atoms with Crippen LogP contribution in [0.5, 0.6) is 0 Å². The second kappa shape index (κ2) is 3.49. The molecule has 2 rings (SSSR count). The maximum atomic E-state index is 11.5. The third-order valence-corrected chi connectivity index (χ3v) is 4.20. The van der Waals surface area contributed by atoms with Gasteiger partial charge in [-0.2, -0.15) is 5.26 Å². The van der Waals surface area contributed by atoms with Gasteiger partial charge >= 0.3 is 5.97 Å². The van der Waals surface area contributed by atoms with Crippen LogP contribution in [0.1, 0.15) is 33.2 Å². The number of hydrogen-bond donors (Lipinski definition) is 0. The fourth-order valence-corrected chi connectivity index (χ4v) is 2.22. The number of ether oxygens (including phenoxy) is 1. The summed E-state index contributed by atoms with van der Waals surface area (Å²) in [5, 5.41) is 8.85. The van der Waals surface area contributed by atoms with Crippen molar-refractivity contribution >= 4 is 28.6 Å². The summed E-state index contributed by atoms with van der Waals surface area (Å²) in [6, 6.07) is 3.84. The molecule has 1 heterocycles. The first-order valence-corrected chi connectivity index (χ1v) is 5.54. The molecule has 0 aliphatic carbocycles. The number of aryl methyl sites for hydroxylation is 1. The number of cyclic esters (lactones) is 1. The Bertz CT molecular complexity index is 502. The molecule has 1 aliphatic rings. The van der Waals surface area contributed by atoms with Crippen LogP contribution < -0.4 is 0 Å². The first-order chi connectivity index (χ1) is 7.06. The van der Waals surface area contributed by atoms with Crippen LogP contribution in [0.3, 0.4) is 0 Å². The van der Waals surface area contributed by atoms with Gasteiger partial charge in [-0.05, 0) is 53.6 Å². The molecule has 0 saturated heterocycles. The average molecular weight is 313 g/mol. The summed E-state index contributed by atoms with van der Waals surface area (Å²) in [5.74, 6) is -0.382. The van der Waals surface area contributed by atoms with Gasteiger partial charge in [0.1, 0.15) is 6.07 Å². The predicted octanol–water partition coefficient (Wildman–Crippen LogP) is 2.64. The highest BCUT2D eigenvalue weighted by Gasteiger charge is 2.33. The highest BCUT2D eigenvalue weighted by atomic mass is 127. The molecule has 1 aromatic carbocycles. The van der Waals surface area contributed by atoms with Crippen molar-refractivity contribution in [3.63, 3.8) is 0 Å². The van der Waals surface area contributed by atoms with Crippen LogP contribution in [0.4, 0.5) is 0 Å². The monoisotopic (exact) mass is 313 g/mol. The van der Waals surface area contributed by atoms with Crippen molar-refractivity contribution in [1.29, 1.82) is 5.26 Å². The van der Waals surface area contributed by atoms with E-state index < -0.39 is 6.10 Å². The third kappa shape index (κ3) is 1.42. The minimum Gasteiger partial charge on any atom is -0.438 e. The van der Waals surface area contributed by atoms with Gasteiger partial charge in [-0.3, -0.25) is 0 Å². The van der Waals surface area contributed by atoms with Crippen LogP contribution >= 0.6 is 22.6 Å². The first-order valence-electron chi connectivity index (χ1n) is 4.46. The Balaban J connectivity index is 2.76. The zero-order chi connectivity index (χ0) is 11.2. The van der Waals surface area contributed by atoms with E-state index in [1.54, 1.807) is 0 Å². The van der Waals surface area contributed by atoms with E-state index in [4.69, 9.17) is 10.00 Å². The summed E-state index contributed by atoms with van der Waals surface area (Å²) in [5.41, 5.74) is 3.26. The number of halogens is 1. The number of esters is 1. The maximum absolute atomic E-state index is 11.5. The molecule has 1 atom stereocenters. The molecule has 0 N–H and O–H groups in total. The lowest BCUT2D eigenvalue weighted by Crippen LogP contribution is -2.00. The fraction of sp³-hybridized carbons (Fsp3) is 0.273. The number of carbonyl (C=O) groups is 1. The molecule has 15 heavy (non-hydrogen) atoms. The number of fused-ring (bicyclic) bond motifs is 1. The molecular formula is C11H8INO2. The Morgan fingerprint density at radius 1 is 1.53 bits per heavy atom. The van der Waals surface area contributed by atoms with Crippen molar-refractivity contribution in [2.24, 2.45) is 0 Å². The van der Waals surface area contributed by atoms with Crippen molar-refractivity contribution in [1.82, 2.24) is 0 Å². The fourth-order valence-electron chi connectivity index (χ4n) is 1.79. The van der Waals surface area contributed by atoms with Gasteiger partial charge in [0.25, 0.3) is 0 Å². The smallest absolute Gasteiger partial charge is 0.340 e. The first kappa shape index (κ1) is 10.4. The van der Waals surface area contributed by atoms with E-state index in [-0.39, 0.29) is 5.97 Å². The zero-order valence-corrected chi connectivity index (χ0v) is 10.5. The largest absolute Gasteiger partial charge is 0.438 e. The molecule has 4 heteroatoms. The molecule has 0 amide bonds. The normalized spacial score (nSPS) is 18.3. The van der Waals surface area contributed by atoms with Crippen LogP contribution in [0.15, 0.2) is 6.07 Å². The van der Waals surface area contributed by atoms with Crippen LogP contribution in [-0.2, 0) is 4.74 Å². The van der Waals surface area contributed by atoms with Gasteiger partial charge in [-0.25, -0.2) is 4.79 Å². The molecule has 3 nitrogen and oxygen atoms in total. The van der Waals surface area contributed by atoms with Gasteiger partial charge in [-0.15, -0.1) is 0 Å². The molecular weight excluding hydrogens is 305 g/mol. The minimum atomic E-state index is -0.734. The molecule has 1 aliphatic heterocycles. The van der Waals surface area contributed by atoms with Crippen molar-refractivity contribution in [3.8, 4) is 6.07 Å². The Kier molecular flexibility index (Phi) is 2.43. The molecule has 1 unspecified atom stereocenters. The molecule has 0 spiro atoms. The van der Waals surface area contributed by atoms with Crippen molar-refractivity contribution in [3.05, 3.63) is 31.9 Å². The average Bonchev–Trinajstić information content (AvgIpc) is 2.51. The lowest BCUT2D eigenvalue weighted by molar-refractivity contribution is 0.0477. The molecule has 1 aromatic rings. The third-order valence-electron chi connectivity index (χ3n) is 2.54. The summed E-state index contributed by atoms with van der Waals surface area (Å²) in [4.78, 5) is 11.5. The second-order valence-electron chi connectivity index (χ2n) is 3.51. The lowest BCUT2D eigenvalue weighted by atomic mass is 9.98. The number of nitrogens with zero attached hydrogens (tertiary/aromatic N) is 1. The molecule has 0 bridgehead atoms. The van der Waals surface area contributed by atoms with E-state index >= 15 is 0 Å². The van der Waals surface area contributed by atoms with Gasteiger partial charge in [-0.1, -0.05) is 0 Å². The van der Waals surface area contributed by atoms with Crippen LogP contribution in [-0.4, -0.2) is 5.97 Å². The Morgan fingerprint density at radius 3 is 2.80 bits per heavy atom. The van der Waals surface area contributed by atoms with E-state index in [1.807, 2.05) is 26.0 Å². The maximum Gasteiger partial charge on any atom is 0.340 e. The van der Waals surface area contributed by atoms with Crippen molar-refractivity contribution in [2.75, 3.05) is 0 Å². The topological polar surface area (TPSA) is 50.1 Å². The Hall–Kier alpha value is -1.09. The highest BCUT2D eigenvalue weighted by Crippen LogP contribution is 2.35. The molecule has 0 saturated carbocycles. The van der Waals surface area contributed by atoms with Gasteiger partial charge in [0.2, 0.25) is 6.10 Å². The number of carbonyl (C=O) groups excluding carboxylic acids is 1. The summed E-state index contributed by atoms with van der Waals surface area (Å²) >= 11 is 2.20. The van der Waals surface area contributed by atoms with Crippen LogP contribution in [0.2, 0.25) is 0 Å². The van der Waals surface area contributed by atoms with Gasteiger partial charge < -0.3 is 4.74 Å². The van der Waals surface area contributed by atoms with E-state index in [1.165, 1.54) is 0 Å². The van der Waals surface area contributed by atoms with Crippen LogP contribution in [0, 0.1) is 28.7 Å². The molecule has 0 aromatic heterocycles. The summed E-state index contributed by atoms with van der Waals surface area (Å²) in [6.07, 6.45) is -0.734. The molecule has 0 fully saturated rings. The van der Waals surface area contributed by atoms with E-state index in [0.717, 1.165) is 14.7 Å². The van der Waals surface area contributed by atoms with Crippen LogP contribution in [0.25, 0.3) is 0 Å². The number of rotatable bonds is 0. The SMILES string of the molecule is Cc1cc2c(c(C)c1I)C(=O)OC2C#N. The number of nitriles is 1. The quantitative estimate of drug-likeness (QED) is 0.546. The number of benzene rings is 1. The van der Waals surface area contributed by atoms with Gasteiger partial charge in [0.15, 0.2) is 0 Å². The van der Waals surface area contributed by atoms with E-state index in [9.17, 15) is 4.79 Å². The molecule has 76 valence electrons. The van der Waals surface area contributed by atoms with E-state index in [0.29, 0.717) is 11.1 Å². The summed E-state index contributed by atoms with van der Waals surface area (Å²) in [6.45, 7) is 3.85. The summed E-state index contributed by atoms with van der Waals surface area (Å²) < 4.78 is 6.03. The highest BCUT2D eigenvalue weighted by molar-refractivity contribution is 14.1. The lowest BCUT2D eigenvalue weighted by Gasteiger charge is -2.07. The zero-order valence-electron chi connectivity index (χ0n) is 8.30. The second-order valence-corrected chi connectivity index (χ2v) is 4.59. The van der Waals surface area contributed by atoms with Gasteiger partial charge in [0, 0.05) is 9.13 Å². The van der Waals surface area contributed by atoms with Crippen molar-refractivity contribution in [2.45, 2.75) is 20.0 Å². The van der Waals surface area contributed by atoms with Crippen molar-refractivity contribution < 1.29 is 9.53 Å². The summed E-state index contributed by atoms with van der Waals surface area (Å²) in [7, 11) is 0. The predicted molar refractivity (Wildman–Crippen MR) is 62.4 cm³/mol. The Morgan fingerprint density at radius 2 is 2.20 bits per heavy atom. The standard InChI is InChI=1S/C11H8INO2/c1-5-3-7-8(4-13)15-11(14)9(7)6(2)10(5)12/h3,8H,1-2H3. The molecule has 0 radical (unpaired) electrons.